The number of para-hydroxylation sites is 1. The molecule has 39 heavy (non-hydrogen) atoms. The number of hydrogen-bond donors (Lipinski definition) is 1. The van der Waals surface area contributed by atoms with E-state index in [1.807, 2.05) is 63.3 Å². The van der Waals surface area contributed by atoms with Crippen LogP contribution in [0.2, 0.25) is 0 Å². The molecule has 2 heterocycles. The quantitative estimate of drug-likeness (QED) is 0.0990. The average Bonchev–Trinajstić information content (AvgIpc) is 3.35. The number of fused-ring (bicyclic) bond motifs is 5. The van der Waals surface area contributed by atoms with Gasteiger partial charge in [-0.2, -0.15) is 0 Å². The fraction of sp³-hybridized carbons (Fsp3) is 0.294. The molecule has 0 bridgehead atoms. The Bertz CT molecular complexity index is 1550. The van der Waals surface area contributed by atoms with Gasteiger partial charge in [0.1, 0.15) is 0 Å². The number of benzene rings is 3. The summed E-state index contributed by atoms with van der Waals surface area (Å²) in [4.78, 5) is 16.7. The van der Waals surface area contributed by atoms with Gasteiger partial charge in [-0.3, -0.25) is 9.78 Å². The van der Waals surface area contributed by atoms with Gasteiger partial charge in [0.05, 0.1) is 11.3 Å². The molecular formula is C34H36IrNO2S-. The van der Waals surface area contributed by atoms with Gasteiger partial charge in [-0.1, -0.05) is 64.1 Å². The Morgan fingerprint density at radius 2 is 1.49 bits per heavy atom. The summed E-state index contributed by atoms with van der Waals surface area (Å²) >= 11 is 1.82. The van der Waals surface area contributed by atoms with Crippen molar-refractivity contribution in [3.05, 3.63) is 90.7 Å². The van der Waals surface area contributed by atoms with Crippen LogP contribution >= 0.6 is 11.3 Å². The predicted molar refractivity (Wildman–Crippen MR) is 163 cm³/mol. The largest absolute Gasteiger partial charge is 0.512 e. The minimum Gasteiger partial charge on any atom is -0.512 e. The summed E-state index contributed by atoms with van der Waals surface area (Å²) in [7, 11) is 0. The van der Waals surface area contributed by atoms with Gasteiger partial charge in [0, 0.05) is 69.3 Å². The molecule has 0 amide bonds. The standard InChI is InChI=1S/C21H12NS.C13H24O2.Ir/c1-2-8-14(9-3-1)20-21-19(15-10-4-6-12-17(15)22-20)16-11-5-7-13-18(16)23-21;1-5-10(6-2)12(14)9-13(15)11(7-3)8-4;/h1-8,10-13H;9-11,14H,5-8H2,1-4H3;/q-1;;/b;12-9-;. The molecule has 0 fully saturated rings. The topological polar surface area (TPSA) is 50.2 Å². The number of pyridine rings is 1. The van der Waals surface area contributed by atoms with Gasteiger partial charge >= 0.3 is 0 Å². The number of ketones is 1. The number of carbonyl (C=O) groups excluding carboxylic acids is 1. The number of nitrogens with zero attached hydrogens (tertiary/aromatic N) is 1. The zero-order chi connectivity index (χ0) is 27.1. The van der Waals surface area contributed by atoms with Gasteiger partial charge in [0.15, 0.2) is 5.78 Å². The van der Waals surface area contributed by atoms with Gasteiger partial charge in [0.25, 0.3) is 0 Å². The van der Waals surface area contributed by atoms with Crippen molar-refractivity contribution in [2.45, 2.75) is 53.4 Å². The average molecular weight is 715 g/mol. The molecule has 0 aliphatic carbocycles. The Balaban J connectivity index is 0.000000233. The van der Waals surface area contributed by atoms with Crippen LogP contribution in [-0.4, -0.2) is 15.9 Å². The van der Waals surface area contributed by atoms with Crippen LogP contribution in [0.15, 0.2) is 84.6 Å². The number of aliphatic hydroxyl groups excluding tert-OH is 1. The Hall–Kier alpha value is -2.85. The minimum absolute atomic E-state index is 0. The zero-order valence-corrected chi connectivity index (χ0v) is 26.2. The maximum Gasteiger partial charge on any atom is 0.162 e. The maximum atomic E-state index is 11.7. The van der Waals surface area contributed by atoms with Crippen molar-refractivity contribution in [1.29, 1.82) is 0 Å². The van der Waals surface area contributed by atoms with Crippen LogP contribution in [0.3, 0.4) is 0 Å². The zero-order valence-electron chi connectivity index (χ0n) is 23.0. The summed E-state index contributed by atoms with van der Waals surface area (Å²) in [6.45, 7) is 8.07. The number of hydrogen-bond acceptors (Lipinski definition) is 4. The van der Waals surface area contributed by atoms with E-state index in [1.54, 1.807) is 0 Å². The number of rotatable bonds is 8. The van der Waals surface area contributed by atoms with E-state index in [0.29, 0.717) is 0 Å². The van der Waals surface area contributed by atoms with Crippen molar-refractivity contribution in [1.82, 2.24) is 4.98 Å². The van der Waals surface area contributed by atoms with Crippen molar-refractivity contribution >= 4 is 48.2 Å². The van der Waals surface area contributed by atoms with Crippen molar-refractivity contribution < 1.29 is 30.0 Å². The molecular weight excluding hydrogens is 679 g/mol. The fourth-order valence-electron chi connectivity index (χ4n) is 4.94. The Labute approximate surface area is 249 Å². The molecule has 205 valence electrons. The van der Waals surface area contributed by atoms with Gasteiger partial charge in [-0.25, -0.2) is 0 Å². The van der Waals surface area contributed by atoms with Crippen LogP contribution in [0.25, 0.3) is 42.3 Å². The first-order chi connectivity index (χ1) is 18.5. The molecule has 0 saturated carbocycles. The predicted octanol–water partition coefficient (Wildman–Crippen LogP) is 9.94. The number of thiophene rings is 1. The molecule has 3 aromatic carbocycles. The van der Waals surface area contributed by atoms with E-state index >= 15 is 0 Å². The van der Waals surface area contributed by atoms with E-state index in [0.717, 1.165) is 42.5 Å². The van der Waals surface area contributed by atoms with Gasteiger partial charge < -0.3 is 5.11 Å². The van der Waals surface area contributed by atoms with Gasteiger partial charge in [-0.15, -0.1) is 47.2 Å². The van der Waals surface area contributed by atoms with Crippen molar-refractivity contribution in [2.24, 2.45) is 11.8 Å². The number of aliphatic hydroxyl groups is 1. The molecule has 5 heteroatoms. The molecule has 0 atom stereocenters. The first kappa shape index (κ1) is 30.7. The third-order valence-corrected chi connectivity index (χ3v) is 8.44. The van der Waals surface area contributed by atoms with E-state index in [1.165, 1.54) is 31.6 Å². The van der Waals surface area contributed by atoms with Crippen LogP contribution in [0.5, 0.6) is 0 Å². The molecule has 0 aliphatic heterocycles. The first-order valence-corrected chi connectivity index (χ1v) is 14.4. The molecule has 0 aliphatic rings. The second kappa shape index (κ2) is 14.5. The van der Waals surface area contributed by atoms with Crippen LogP contribution in [0, 0.1) is 17.9 Å². The first-order valence-electron chi connectivity index (χ1n) is 13.6. The maximum absolute atomic E-state index is 11.7. The summed E-state index contributed by atoms with van der Waals surface area (Å²) in [6, 6.07) is 28.4. The molecule has 0 spiro atoms. The molecule has 3 nitrogen and oxygen atoms in total. The molecule has 5 rings (SSSR count). The summed E-state index contributed by atoms with van der Waals surface area (Å²) in [5, 5.41) is 13.6. The third kappa shape index (κ3) is 6.84. The summed E-state index contributed by atoms with van der Waals surface area (Å²) < 4.78 is 2.55. The minimum atomic E-state index is 0. The van der Waals surface area contributed by atoms with Crippen LogP contribution in [0.1, 0.15) is 53.4 Å². The van der Waals surface area contributed by atoms with E-state index in [4.69, 9.17) is 4.98 Å². The molecule has 0 unspecified atom stereocenters. The summed E-state index contributed by atoms with van der Waals surface area (Å²) in [6.07, 6.45) is 4.91. The van der Waals surface area contributed by atoms with E-state index < -0.39 is 0 Å². The number of carbonyl (C=O) groups is 1. The monoisotopic (exact) mass is 715 g/mol. The van der Waals surface area contributed by atoms with Crippen LogP contribution in [0.4, 0.5) is 0 Å². The molecule has 0 saturated heterocycles. The second-order valence-corrected chi connectivity index (χ2v) is 10.6. The number of aromatic nitrogens is 1. The number of allylic oxidation sites excluding steroid dienone is 2. The van der Waals surface area contributed by atoms with Crippen LogP contribution in [-0.2, 0) is 24.9 Å². The fourth-order valence-corrected chi connectivity index (χ4v) is 6.16. The Morgan fingerprint density at radius 1 is 0.872 bits per heavy atom. The Morgan fingerprint density at radius 3 is 2.13 bits per heavy atom. The van der Waals surface area contributed by atoms with E-state index in [-0.39, 0.29) is 43.5 Å². The van der Waals surface area contributed by atoms with Crippen LogP contribution < -0.4 is 0 Å². The van der Waals surface area contributed by atoms with Crippen molar-refractivity contribution in [2.75, 3.05) is 0 Å². The smallest absolute Gasteiger partial charge is 0.162 e. The molecule has 1 N–H and O–H groups in total. The van der Waals surface area contributed by atoms with Gasteiger partial charge in [0.2, 0.25) is 0 Å². The Kier molecular flexibility index (Phi) is 11.4. The van der Waals surface area contributed by atoms with E-state index in [2.05, 4.69) is 54.6 Å². The van der Waals surface area contributed by atoms with Crippen molar-refractivity contribution in [3.63, 3.8) is 0 Å². The van der Waals surface area contributed by atoms with Crippen molar-refractivity contribution in [3.8, 4) is 11.3 Å². The SMILES string of the molecule is CCC(CC)C(=O)/C=C(\O)C(CC)CC.[Ir].[c-]1ccccc1-c1nc2ccccc2c2c1sc1ccccc12. The molecule has 1 radical (unpaired) electrons. The molecule has 2 aromatic heterocycles. The van der Waals surface area contributed by atoms with Gasteiger partial charge in [-0.05, 0) is 37.8 Å². The molecule has 5 aromatic rings. The summed E-state index contributed by atoms with van der Waals surface area (Å²) in [5.41, 5.74) is 3.12. The second-order valence-electron chi connectivity index (χ2n) is 9.55. The van der Waals surface area contributed by atoms with E-state index in [9.17, 15) is 9.90 Å². The normalized spacial score (nSPS) is 11.6. The summed E-state index contributed by atoms with van der Waals surface area (Å²) in [5.74, 6) is 0.547. The third-order valence-electron chi connectivity index (χ3n) is 7.26.